The Morgan fingerprint density at radius 3 is 1.74 bits per heavy atom. The maximum atomic E-state index is 13.4. The van der Waals surface area contributed by atoms with E-state index in [0.29, 0.717) is 5.92 Å². The first-order chi connectivity index (χ1) is 9.29. The van der Waals surface area contributed by atoms with Gasteiger partial charge in [0.25, 0.3) is 0 Å². The molecule has 2 heteroatoms. The Labute approximate surface area is 114 Å². The van der Waals surface area contributed by atoms with Crippen molar-refractivity contribution in [3.05, 3.63) is 60.7 Å². The average Bonchev–Trinajstić information content (AvgIpc) is 3.31. The molecule has 0 N–H and O–H groups in total. The highest BCUT2D eigenvalue weighted by atomic mass is 31.2. The number of hydrogen-bond donors (Lipinski definition) is 0. The molecule has 1 aliphatic carbocycles. The van der Waals surface area contributed by atoms with Gasteiger partial charge in [0, 0.05) is 16.5 Å². The third-order valence-electron chi connectivity index (χ3n) is 3.24. The van der Waals surface area contributed by atoms with Crippen molar-refractivity contribution in [1.82, 2.24) is 0 Å². The van der Waals surface area contributed by atoms with Gasteiger partial charge in [-0.2, -0.15) is 0 Å². The lowest BCUT2D eigenvalue weighted by Crippen LogP contribution is -2.14. The highest BCUT2D eigenvalue weighted by Crippen LogP contribution is 2.42. The second-order valence-electron chi connectivity index (χ2n) is 4.81. The SMILES string of the molecule is O=P(C#CC1CC1)(c1ccccc1)c1ccccc1. The van der Waals surface area contributed by atoms with Crippen molar-refractivity contribution in [3.63, 3.8) is 0 Å². The van der Waals surface area contributed by atoms with Gasteiger partial charge in [-0.25, -0.2) is 0 Å². The van der Waals surface area contributed by atoms with Crippen molar-refractivity contribution in [2.75, 3.05) is 0 Å². The zero-order chi connectivity index (χ0) is 13.1. The first kappa shape index (κ1) is 12.3. The summed E-state index contributed by atoms with van der Waals surface area (Å²) in [5.74, 6) is 3.64. The van der Waals surface area contributed by atoms with Crippen LogP contribution in [0.5, 0.6) is 0 Å². The third kappa shape index (κ3) is 2.65. The van der Waals surface area contributed by atoms with Crippen LogP contribution in [0.4, 0.5) is 0 Å². The van der Waals surface area contributed by atoms with E-state index in [4.69, 9.17) is 0 Å². The fourth-order valence-electron chi connectivity index (χ4n) is 1.96. The number of hydrogen-bond acceptors (Lipinski definition) is 1. The molecule has 0 heterocycles. The van der Waals surface area contributed by atoms with Gasteiger partial charge in [-0.05, 0) is 18.5 Å². The number of rotatable bonds is 2. The van der Waals surface area contributed by atoms with Crippen LogP contribution in [-0.2, 0) is 4.57 Å². The summed E-state index contributed by atoms with van der Waals surface area (Å²) in [7, 11) is -2.80. The molecule has 1 fully saturated rings. The van der Waals surface area contributed by atoms with E-state index in [0.717, 1.165) is 23.5 Å². The molecule has 0 radical (unpaired) electrons. The van der Waals surface area contributed by atoms with Gasteiger partial charge in [-0.1, -0.05) is 66.6 Å². The smallest absolute Gasteiger partial charge is 0.210 e. The third-order valence-corrected chi connectivity index (χ3v) is 5.74. The molecule has 0 bridgehead atoms. The van der Waals surface area contributed by atoms with Crippen LogP contribution in [0.15, 0.2) is 60.7 Å². The normalized spacial score (nSPS) is 14.5. The van der Waals surface area contributed by atoms with E-state index < -0.39 is 7.14 Å². The molecule has 1 saturated carbocycles. The van der Waals surface area contributed by atoms with Crippen LogP contribution in [0, 0.1) is 17.5 Å². The lowest BCUT2D eigenvalue weighted by molar-refractivity contribution is 0.593. The molecule has 94 valence electrons. The summed E-state index contributed by atoms with van der Waals surface area (Å²) in [5, 5.41) is 1.66. The predicted molar refractivity (Wildman–Crippen MR) is 80.3 cm³/mol. The summed E-state index contributed by atoms with van der Waals surface area (Å²) in [6, 6.07) is 19.2. The first-order valence-electron chi connectivity index (χ1n) is 6.53. The second-order valence-corrected chi connectivity index (χ2v) is 7.29. The Bertz CT molecular complexity index is 617. The Balaban J connectivity index is 2.11. The van der Waals surface area contributed by atoms with E-state index >= 15 is 0 Å². The zero-order valence-corrected chi connectivity index (χ0v) is 11.5. The molecule has 0 aromatic heterocycles. The van der Waals surface area contributed by atoms with Gasteiger partial charge in [0.2, 0.25) is 7.14 Å². The second kappa shape index (κ2) is 5.08. The maximum absolute atomic E-state index is 13.4. The molecule has 0 amide bonds. The van der Waals surface area contributed by atoms with Gasteiger partial charge in [-0.3, -0.25) is 4.57 Å². The van der Waals surface area contributed by atoms with E-state index in [1.165, 1.54) is 0 Å². The summed E-state index contributed by atoms with van der Waals surface area (Å²) < 4.78 is 13.4. The zero-order valence-electron chi connectivity index (χ0n) is 10.6. The highest BCUT2D eigenvalue weighted by Gasteiger charge is 2.26. The van der Waals surface area contributed by atoms with Crippen molar-refractivity contribution >= 4 is 17.8 Å². The van der Waals surface area contributed by atoms with Crippen molar-refractivity contribution < 1.29 is 4.57 Å². The lowest BCUT2D eigenvalue weighted by atomic mass is 10.4. The Kier molecular flexibility index (Phi) is 3.28. The Hall–Kier alpha value is -1.77. The van der Waals surface area contributed by atoms with Crippen LogP contribution in [0.2, 0.25) is 0 Å². The van der Waals surface area contributed by atoms with Crippen LogP contribution in [0.25, 0.3) is 0 Å². The molecule has 3 rings (SSSR count). The van der Waals surface area contributed by atoms with Gasteiger partial charge in [0.05, 0.1) is 0 Å². The molecule has 0 saturated heterocycles. The fraction of sp³-hybridized carbons (Fsp3) is 0.176. The van der Waals surface area contributed by atoms with E-state index in [2.05, 4.69) is 11.6 Å². The van der Waals surface area contributed by atoms with Gasteiger partial charge >= 0.3 is 0 Å². The topological polar surface area (TPSA) is 17.1 Å². The Morgan fingerprint density at radius 2 is 1.32 bits per heavy atom. The molecule has 1 nitrogen and oxygen atoms in total. The van der Waals surface area contributed by atoms with Gasteiger partial charge in [0.15, 0.2) is 0 Å². The highest BCUT2D eigenvalue weighted by molar-refractivity contribution is 7.83. The summed E-state index contributed by atoms with van der Waals surface area (Å²) in [6.45, 7) is 0. The quantitative estimate of drug-likeness (QED) is 0.601. The molecule has 19 heavy (non-hydrogen) atoms. The van der Waals surface area contributed by atoms with Crippen molar-refractivity contribution in [3.8, 4) is 11.6 Å². The van der Waals surface area contributed by atoms with Crippen LogP contribution in [0.1, 0.15) is 12.8 Å². The van der Waals surface area contributed by atoms with Gasteiger partial charge < -0.3 is 0 Å². The minimum Gasteiger partial charge on any atom is -0.300 e. The molecule has 1 aliphatic rings. The van der Waals surface area contributed by atoms with Crippen LogP contribution >= 0.6 is 7.14 Å². The molecular formula is C17H15OP. The molecular weight excluding hydrogens is 251 g/mol. The van der Waals surface area contributed by atoms with Crippen LogP contribution in [0.3, 0.4) is 0 Å². The minimum absolute atomic E-state index is 0.459. The average molecular weight is 266 g/mol. The maximum Gasteiger partial charge on any atom is 0.210 e. The van der Waals surface area contributed by atoms with Crippen molar-refractivity contribution in [2.24, 2.45) is 5.92 Å². The molecule has 0 unspecified atom stereocenters. The number of benzene rings is 2. The minimum atomic E-state index is -2.80. The van der Waals surface area contributed by atoms with Crippen molar-refractivity contribution in [1.29, 1.82) is 0 Å². The van der Waals surface area contributed by atoms with Gasteiger partial charge in [-0.15, -0.1) is 0 Å². The monoisotopic (exact) mass is 266 g/mol. The summed E-state index contributed by atoms with van der Waals surface area (Å²) >= 11 is 0. The standard InChI is InChI=1S/C17H15OP/c18-19(14-13-15-11-12-15,16-7-3-1-4-8-16)17-9-5-2-6-10-17/h1-10,15H,11-12H2. The summed E-state index contributed by atoms with van der Waals surface area (Å²) in [6.07, 6.45) is 2.30. The molecule has 0 spiro atoms. The molecule has 0 atom stereocenters. The van der Waals surface area contributed by atoms with Crippen LogP contribution < -0.4 is 10.6 Å². The lowest BCUT2D eigenvalue weighted by Gasteiger charge is -2.12. The van der Waals surface area contributed by atoms with E-state index in [1.54, 1.807) is 0 Å². The van der Waals surface area contributed by atoms with E-state index in [-0.39, 0.29) is 0 Å². The first-order valence-corrected chi connectivity index (χ1v) is 8.24. The molecule has 0 aliphatic heterocycles. The molecule has 2 aromatic rings. The Morgan fingerprint density at radius 1 is 0.842 bits per heavy atom. The summed E-state index contributed by atoms with van der Waals surface area (Å²) in [5.41, 5.74) is 3.10. The fourth-order valence-corrected chi connectivity index (χ4v) is 4.07. The van der Waals surface area contributed by atoms with E-state index in [9.17, 15) is 4.57 Å². The molecule has 2 aromatic carbocycles. The van der Waals surface area contributed by atoms with Crippen LogP contribution in [-0.4, -0.2) is 0 Å². The van der Waals surface area contributed by atoms with E-state index in [1.807, 2.05) is 60.7 Å². The van der Waals surface area contributed by atoms with Gasteiger partial charge in [0.1, 0.15) is 0 Å². The van der Waals surface area contributed by atoms with Crippen molar-refractivity contribution in [2.45, 2.75) is 12.8 Å². The summed E-state index contributed by atoms with van der Waals surface area (Å²) in [4.78, 5) is 0. The largest absolute Gasteiger partial charge is 0.300 e. The predicted octanol–water partition coefficient (Wildman–Crippen LogP) is 3.37.